The Bertz CT molecular complexity index is 1670. The number of nitro benzene ring substituents is 1. The predicted octanol–water partition coefficient (Wildman–Crippen LogP) is 2.74. The van der Waals surface area contributed by atoms with E-state index in [1.54, 1.807) is 18.2 Å². The van der Waals surface area contributed by atoms with E-state index < -0.39 is 22.5 Å². The summed E-state index contributed by atoms with van der Waals surface area (Å²) in [5, 5.41) is 11.6. The first-order valence-electron chi connectivity index (χ1n) is 12.2. The van der Waals surface area contributed by atoms with Crippen LogP contribution in [0.1, 0.15) is 31.0 Å². The molecule has 0 bridgehead atoms. The molecule has 3 aromatic rings. The van der Waals surface area contributed by atoms with E-state index in [1.807, 2.05) is 13.8 Å². The Kier molecular flexibility index (Phi) is 8.53. The van der Waals surface area contributed by atoms with Crippen LogP contribution in [0.4, 0.5) is 5.69 Å². The van der Waals surface area contributed by atoms with Gasteiger partial charge in [-0.25, -0.2) is 9.79 Å². The number of esters is 1. The van der Waals surface area contributed by atoms with E-state index in [1.165, 1.54) is 50.3 Å². The summed E-state index contributed by atoms with van der Waals surface area (Å²) in [6.07, 6.45) is 2.86. The number of nitro groups is 1. The van der Waals surface area contributed by atoms with Gasteiger partial charge in [0.1, 0.15) is 5.75 Å². The maximum Gasteiger partial charge on any atom is 0.337 e. The van der Waals surface area contributed by atoms with Crippen LogP contribution in [0.15, 0.2) is 51.9 Å². The van der Waals surface area contributed by atoms with Gasteiger partial charge in [0.25, 0.3) is 5.56 Å². The van der Waals surface area contributed by atoms with Gasteiger partial charge in [-0.2, -0.15) is 0 Å². The minimum atomic E-state index is -0.882. The second-order valence-corrected chi connectivity index (χ2v) is 9.28. The molecule has 0 N–H and O–H groups in total. The summed E-state index contributed by atoms with van der Waals surface area (Å²) < 4.78 is 28.5. The van der Waals surface area contributed by atoms with E-state index in [0.717, 1.165) is 11.3 Å². The molecule has 210 valence electrons. The van der Waals surface area contributed by atoms with Crippen LogP contribution >= 0.6 is 11.3 Å². The van der Waals surface area contributed by atoms with Gasteiger partial charge in [-0.05, 0) is 37.6 Å². The molecule has 1 atom stereocenters. The van der Waals surface area contributed by atoms with Crippen molar-refractivity contribution in [1.29, 1.82) is 0 Å². The third kappa shape index (κ3) is 5.27. The number of benzene rings is 2. The van der Waals surface area contributed by atoms with Crippen LogP contribution in [0.5, 0.6) is 23.0 Å². The first kappa shape index (κ1) is 28.4. The van der Waals surface area contributed by atoms with Crippen LogP contribution in [0.2, 0.25) is 0 Å². The molecule has 1 aliphatic heterocycles. The molecule has 1 aliphatic rings. The van der Waals surface area contributed by atoms with Crippen LogP contribution < -0.4 is 33.8 Å². The highest BCUT2D eigenvalue weighted by atomic mass is 32.1. The fourth-order valence-corrected chi connectivity index (χ4v) is 5.25. The van der Waals surface area contributed by atoms with Crippen molar-refractivity contribution in [3.05, 3.63) is 83.0 Å². The molecule has 0 fully saturated rings. The summed E-state index contributed by atoms with van der Waals surface area (Å²) in [4.78, 5) is 42.3. The largest absolute Gasteiger partial charge is 0.496 e. The molecule has 12 nitrogen and oxygen atoms in total. The van der Waals surface area contributed by atoms with Crippen molar-refractivity contribution in [2.75, 3.05) is 34.5 Å². The van der Waals surface area contributed by atoms with E-state index in [2.05, 4.69) is 4.99 Å². The van der Waals surface area contributed by atoms with Crippen LogP contribution in [-0.4, -0.2) is 50.0 Å². The Morgan fingerprint density at radius 1 is 1.05 bits per heavy atom. The Balaban J connectivity index is 1.94. The first-order valence-corrected chi connectivity index (χ1v) is 13.0. The molecule has 0 unspecified atom stereocenters. The number of carbonyl (C=O) groups excluding carboxylic acids is 1. The van der Waals surface area contributed by atoms with Crippen LogP contribution in [0, 0.1) is 10.1 Å². The average molecular weight is 570 g/mol. The van der Waals surface area contributed by atoms with Crippen molar-refractivity contribution in [1.82, 2.24) is 4.57 Å². The van der Waals surface area contributed by atoms with Gasteiger partial charge in [-0.3, -0.25) is 19.5 Å². The normalized spacial score (nSPS) is 14.5. The Hall–Kier alpha value is -4.65. The number of fused-ring (bicyclic) bond motifs is 1. The number of nitrogens with zero attached hydrogens (tertiary/aromatic N) is 3. The highest BCUT2D eigenvalue weighted by Gasteiger charge is 2.31. The maximum absolute atomic E-state index is 13.8. The van der Waals surface area contributed by atoms with Crippen LogP contribution in [0.3, 0.4) is 0 Å². The summed E-state index contributed by atoms with van der Waals surface area (Å²) in [5.41, 5.74) is 0.264. The lowest BCUT2D eigenvalue weighted by atomic mass is 9.97. The molecular formula is C27H27N3O9S. The number of methoxy groups -OCH3 is 3. The molecule has 0 amide bonds. The SMILES string of the molecule is CCOc1ccc([C@H]2C(C(=O)OC)=CN=c3s/c(=C\c4cc([N+](=O)[O-])c(OC)cc4OC)c(=O)n32)cc1OCC. The molecule has 13 heteroatoms. The van der Waals surface area contributed by atoms with Gasteiger partial charge in [0.2, 0.25) is 5.75 Å². The van der Waals surface area contributed by atoms with E-state index in [-0.39, 0.29) is 27.3 Å². The average Bonchev–Trinajstić information content (AvgIpc) is 3.27. The Morgan fingerprint density at radius 3 is 2.38 bits per heavy atom. The third-order valence-corrected chi connectivity index (χ3v) is 7.02. The molecule has 0 saturated carbocycles. The van der Waals surface area contributed by atoms with Gasteiger partial charge in [0, 0.05) is 23.9 Å². The third-order valence-electron chi connectivity index (χ3n) is 6.02. The lowest BCUT2D eigenvalue weighted by Crippen LogP contribution is -2.39. The van der Waals surface area contributed by atoms with Gasteiger partial charge < -0.3 is 23.7 Å². The molecule has 2 heterocycles. The standard InChI is InChI=1S/C27H27N3O9S/c1-6-38-19-9-8-15(11-22(19)39-7-2)24-17(26(32)37-5)14-28-27-29(24)25(31)23(40-27)12-16-10-18(30(33)34)21(36-4)13-20(16)35-3/h8-14,24H,6-7H2,1-5H3/b23-12-/t24-/m0/s1. The number of carbonyl (C=O) groups is 1. The van der Waals surface area contributed by atoms with Gasteiger partial charge >= 0.3 is 11.7 Å². The first-order chi connectivity index (χ1) is 19.3. The summed E-state index contributed by atoms with van der Waals surface area (Å²) >= 11 is 1.06. The molecule has 0 aliphatic carbocycles. The molecule has 0 saturated heterocycles. The van der Waals surface area contributed by atoms with Gasteiger partial charge in [0.15, 0.2) is 16.3 Å². The number of ether oxygens (including phenoxy) is 5. The van der Waals surface area contributed by atoms with Gasteiger partial charge in [0.05, 0.1) is 55.6 Å². The summed E-state index contributed by atoms with van der Waals surface area (Å²) in [6.45, 7) is 4.49. The Morgan fingerprint density at radius 2 is 1.75 bits per heavy atom. The quantitative estimate of drug-likeness (QED) is 0.205. The minimum Gasteiger partial charge on any atom is -0.496 e. The minimum absolute atomic E-state index is 0.0174. The second kappa shape index (κ2) is 12.0. The number of aromatic nitrogens is 1. The topological polar surface area (TPSA) is 141 Å². The smallest absolute Gasteiger partial charge is 0.337 e. The van der Waals surface area contributed by atoms with Crippen molar-refractivity contribution in [2.45, 2.75) is 19.9 Å². The molecule has 1 aromatic heterocycles. The Labute approximate surface area is 232 Å². The van der Waals surface area contributed by atoms with E-state index in [4.69, 9.17) is 23.7 Å². The van der Waals surface area contributed by atoms with Crippen molar-refractivity contribution in [3.63, 3.8) is 0 Å². The number of thiazole rings is 1. The number of hydrogen-bond acceptors (Lipinski definition) is 11. The monoisotopic (exact) mass is 569 g/mol. The zero-order chi connectivity index (χ0) is 29.0. The summed E-state index contributed by atoms with van der Waals surface area (Å²) in [6, 6.07) is 6.95. The molecule has 4 rings (SSSR count). The van der Waals surface area contributed by atoms with Gasteiger partial charge in [-0.1, -0.05) is 17.4 Å². The number of hydrogen-bond donors (Lipinski definition) is 0. The van der Waals surface area contributed by atoms with E-state index >= 15 is 0 Å². The lowest BCUT2D eigenvalue weighted by molar-refractivity contribution is -0.385. The highest BCUT2D eigenvalue weighted by Crippen LogP contribution is 2.36. The van der Waals surface area contributed by atoms with Crippen LogP contribution in [-0.2, 0) is 9.53 Å². The molecule has 0 spiro atoms. The predicted molar refractivity (Wildman–Crippen MR) is 146 cm³/mol. The van der Waals surface area contributed by atoms with Crippen molar-refractivity contribution in [2.24, 2.45) is 4.99 Å². The molecular weight excluding hydrogens is 542 g/mol. The van der Waals surface area contributed by atoms with E-state index in [9.17, 15) is 19.7 Å². The molecule has 2 aromatic carbocycles. The zero-order valence-electron chi connectivity index (χ0n) is 22.5. The van der Waals surface area contributed by atoms with Crippen molar-refractivity contribution < 1.29 is 33.4 Å². The highest BCUT2D eigenvalue weighted by molar-refractivity contribution is 7.07. The summed E-state index contributed by atoms with van der Waals surface area (Å²) in [5.74, 6) is 0.622. The molecule has 40 heavy (non-hydrogen) atoms. The maximum atomic E-state index is 13.8. The summed E-state index contributed by atoms with van der Waals surface area (Å²) in [7, 11) is 3.97. The van der Waals surface area contributed by atoms with E-state index in [0.29, 0.717) is 40.6 Å². The zero-order valence-corrected chi connectivity index (χ0v) is 23.3. The van der Waals surface area contributed by atoms with Crippen molar-refractivity contribution in [3.8, 4) is 23.0 Å². The molecule has 0 radical (unpaired) electrons. The van der Waals surface area contributed by atoms with Crippen molar-refractivity contribution >= 4 is 29.1 Å². The lowest BCUT2D eigenvalue weighted by Gasteiger charge is -2.23. The second-order valence-electron chi connectivity index (χ2n) is 8.27. The number of rotatable bonds is 10. The fourth-order valence-electron chi connectivity index (χ4n) is 4.29. The van der Waals surface area contributed by atoms with Gasteiger partial charge in [-0.15, -0.1) is 0 Å². The fraction of sp³-hybridized carbons (Fsp3) is 0.296. The van der Waals surface area contributed by atoms with Crippen LogP contribution in [0.25, 0.3) is 6.08 Å².